The monoisotopic (exact) mass is 325 g/mol. The van der Waals surface area contributed by atoms with Crippen molar-refractivity contribution < 1.29 is 19.1 Å². The molecule has 0 amide bonds. The summed E-state index contributed by atoms with van der Waals surface area (Å²) in [5.41, 5.74) is 0. The van der Waals surface area contributed by atoms with Gasteiger partial charge in [0.25, 0.3) is 0 Å². The minimum absolute atomic E-state index is 0.208. The van der Waals surface area contributed by atoms with E-state index in [4.69, 9.17) is 9.47 Å². The maximum absolute atomic E-state index is 11.8. The molecule has 0 aromatic carbocycles. The van der Waals surface area contributed by atoms with E-state index in [1.807, 2.05) is 25.1 Å². The molecule has 0 saturated carbocycles. The molecule has 1 heterocycles. The van der Waals surface area contributed by atoms with Crippen LogP contribution in [0, 0.1) is 0 Å². The smallest absolute Gasteiger partial charge is 0.319 e. The number of esters is 2. The average molecular weight is 325 g/mol. The van der Waals surface area contributed by atoms with Crippen molar-refractivity contribution in [1.29, 1.82) is 0 Å². The van der Waals surface area contributed by atoms with Gasteiger partial charge in [-0.15, -0.1) is 0 Å². The molecule has 1 atom stereocenters. The Morgan fingerprint density at radius 1 is 1.32 bits per heavy atom. The van der Waals surface area contributed by atoms with Crippen LogP contribution < -0.4 is 0 Å². The number of carbonyl (C=O) groups excluding carboxylic acids is 2. The van der Waals surface area contributed by atoms with Crippen LogP contribution in [0.25, 0.3) is 0 Å². The fraction of sp³-hybridized carbons (Fsp3) is 0.562. The second-order valence-corrected chi connectivity index (χ2v) is 5.99. The molecular weight excluding hydrogens is 302 g/mol. The van der Waals surface area contributed by atoms with Gasteiger partial charge in [-0.05, 0) is 31.4 Å². The van der Waals surface area contributed by atoms with Crippen molar-refractivity contribution in [3.63, 3.8) is 0 Å². The molecule has 0 saturated heterocycles. The van der Waals surface area contributed by atoms with Crippen LogP contribution in [0.1, 0.15) is 39.0 Å². The predicted octanol–water partition coefficient (Wildman–Crippen LogP) is 3.23. The molecule has 122 valence electrons. The van der Waals surface area contributed by atoms with Gasteiger partial charge < -0.3 is 9.47 Å². The number of hydrogen-bond donors (Lipinski definition) is 0. The highest BCUT2D eigenvalue weighted by atomic mass is 32.2. The van der Waals surface area contributed by atoms with Crippen molar-refractivity contribution in [2.45, 2.75) is 49.3 Å². The third-order valence-electron chi connectivity index (χ3n) is 2.97. The number of hydrogen-bond acceptors (Lipinski definition) is 6. The molecular formula is C16H23NO4S. The van der Waals surface area contributed by atoms with Gasteiger partial charge in [0.15, 0.2) is 0 Å². The first-order valence-corrected chi connectivity index (χ1v) is 8.36. The van der Waals surface area contributed by atoms with Crippen LogP contribution in [-0.4, -0.2) is 35.9 Å². The van der Waals surface area contributed by atoms with Crippen LogP contribution in [-0.2, 0) is 19.1 Å². The average Bonchev–Trinajstić information content (AvgIpc) is 2.54. The Hall–Kier alpha value is -1.56. The molecule has 0 radical (unpaired) electrons. The van der Waals surface area contributed by atoms with Crippen molar-refractivity contribution in [2.75, 3.05) is 13.7 Å². The van der Waals surface area contributed by atoms with E-state index in [-0.39, 0.29) is 17.2 Å². The number of ether oxygens (including phenoxy) is 2. The Balaban J connectivity index is 2.39. The number of nitrogens with zero attached hydrogens (tertiary/aromatic N) is 1. The number of rotatable bonds is 10. The number of methoxy groups -OCH3 is 1. The third kappa shape index (κ3) is 7.45. The van der Waals surface area contributed by atoms with E-state index in [1.165, 1.54) is 18.9 Å². The van der Waals surface area contributed by atoms with E-state index in [9.17, 15) is 9.59 Å². The Morgan fingerprint density at radius 2 is 2.14 bits per heavy atom. The van der Waals surface area contributed by atoms with Gasteiger partial charge in [-0.2, -0.15) is 0 Å². The van der Waals surface area contributed by atoms with Gasteiger partial charge in [-0.3, -0.25) is 9.59 Å². The molecule has 0 fully saturated rings. The second kappa shape index (κ2) is 11.1. The molecule has 0 N–H and O–H groups in total. The number of unbranched alkanes of at least 4 members (excludes halogenated alkanes) is 1. The van der Waals surface area contributed by atoms with Crippen LogP contribution in [0.15, 0.2) is 29.4 Å². The molecule has 0 aliphatic carbocycles. The normalized spacial score (nSPS) is 11.7. The van der Waals surface area contributed by atoms with Crippen molar-refractivity contribution in [2.24, 2.45) is 0 Å². The Bertz CT molecular complexity index is 453. The minimum atomic E-state index is -0.358. The lowest BCUT2D eigenvalue weighted by Gasteiger charge is -2.13. The van der Waals surface area contributed by atoms with E-state index in [1.54, 1.807) is 6.20 Å². The second-order valence-electron chi connectivity index (χ2n) is 4.76. The van der Waals surface area contributed by atoms with Crippen molar-refractivity contribution >= 4 is 23.7 Å². The van der Waals surface area contributed by atoms with E-state index in [0.29, 0.717) is 25.9 Å². The summed E-state index contributed by atoms with van der Waals surface area (Å²) in [6.07, 6.45) is 5.02. The van der Waals surface area contributed by atoms with Gasteiger partial charge in [-0.1, -0.05) is 31.2 Å². The molecule has 0 aliphatic heterocycles. The van der Waals surface area contributed by atoms with Crippen LogP contribution in [0.5, 0.6) is 0 Å². The maximum atomic E-state index is 11.8. The topological polar surface area (TPSA) is 65.5 Å². The summed E-state index contributed by atoms with van der Waals surface area (Å²) in [5.74, 6) is -0.505. The van der Waals surface area contributed by atoms with E-state index in [0.717, 1.165) is 17.9 Å². The molecule has 22 heavy (non-hydrogen) atoms. The first kappa shape index (κ1) is 18.5. The minimum Gasteiger partial charge on any atom is -0.468 e. The molecule has 5 nitrogen and oxygen atoms in total. The Labute approximate surface area is 135 Å². The summed E-state index contributed by atoms with van der Waals surface area (Å²) in [4.78, 5) is 27.5. The highest BCUT2D eigenvalue weighted by molar-refractivity contribution is 8.00. The van der Waals surface area contributed by atoms with E-state index in [2.05, 4.69) is 4.98 Å². The summed E-state index contributed by atoms with van der Waals surface area (Å²) < 4.78 is 9.91. The molecule has 0 spiro atoms. The molecule has 1 aromatic heterocycles. The van der Waals surface area contributed by atoms with Gasteiger partial charge in [-0.25, -0.2) is 4.98 Å². The van der Waals surface area contributed by atoms with Crippen LogP contribution in [0.2, 0.25) is 0 Å². The standard InChI is InChI=1S/C16H23NO4S/c1-3-4-12-21-15(18)10-7-8-13(16(19)20-2)22-14-9-5-6-11-17-14/h5-6,9,11,13H,3-4,7-8,10,12H2,1-2H3. The van der Waals surface area contributed by atoms with Crippen molar-refractivity contribution in [3.8, 4) is 0 Å². The molecule has 1 aromatic rings. The molecule has 0 aliphatic rings. The van der Waals surface area contributed by atoms with Gasteiger partial charge in [0.1, 0.15) is 5.25 Å². The SMILES string of the molecule is CCCCOC(=O)CCCC(Sc1ccccn1)C(=O)OC. The zero-order valence-corrected chi connectivity index (χ0v) is 13.9. The Morgan fingerprint density at radius 3 is 2.77 bits per heavy atom. The third-order valence-corrected chi connectivity index (χ3v) is 4.17. The molecule has 0 bridgehead atoms. The van der Waals surface area contributed by atoms with Crippen LogP contribution in [0.4, 0.5) is 0 Å². The van der Waals surface area contributed by atoms with Crippen molar-refractivity contribution in [3.05, 3.63) is 24.4 Å². The van der Waals surface area contributed by atoms with Crippen LogP contribution >= 0.6 is 11.8 Å². The lowest BCUT2D eigenvalue weighted by atomic mass is 10.2. The van der Waals surface area contributed by atoms with Gasteiger partial charge >= 0.3 is 11.9 Å². The molecule has 1 unspecified atom stereocenters. The quantitative estimate of drug-likeness (QED) is 0.374. The Kier molecular flexibility index (Phi) is 9.30. The largest absolute Gasteiger partial charge is 0.468 e. The van der Waals surface area contributed by atoms with Crippen LogP contribution in [0.3, 0.4) is 0 Å². The van der Waals surface area contributed by atoms with Crippen molar-refractivity contribution in [1.82, 2.24) is 4.98 Å². The predicted molar refractivity (Wildman–Crippen MR) is 85.6 cm³/mol. The molecule has 1 rings (SSSR count). The highest BCUT2D eigenvalue weighted by Crippen LogP contribution is 2.25. The number of pyridine rings is 1. The summed E-state index contributed by atoms with van der Waals surface area (Å²) in [5, 5.41) is 0.409. The lowest BCUT2D eigenvalue weighted by Crippen LogP contribution is -2.19. The summed E-state index contributed by atoms with van der Waals surface area (Å²) in [6.45, 7) is 2.52. The fourth-order valence-electron chi connectivity index (χ4n) is 1.75. The zero-order valence-electron chi connectivity index (χ0n) is 13.1. The number of carbonyl (C=O) groups is 2. The van der Waals surface area contributed by atoms with E-state index >= 15 is 0 Å². The summed E-state index contributed by atoms with van der Waals surface area (Å²) >= 11 is 1.36. The lowest BCUT2D eigenvalue weighted by molar-refractivity contribution is -0.144. The molecule has 6 heteroatoms. The van der Waals surface area contributed by atoms with E-state index < -0.39 is 0 Å². The maximum Gasteiger partial charge on any atom is 0.319 e. The van der Waals surface area contributed by atoms with Gasteiger partial charge in [0, 0.05) is 12.6 Å². The summed E-state index contributed by atoms with van der Waals surface area (Å²) in [7, 11) is 1.37. The number of aromatic nitrogens is 1. The van der Waals surface area contributed by atoms with Gasteiger partial charge in [0.2, 0.25) is 0 Å². The van der Waals surface area contributed by atoms with Gasteiger partial charge in [0.05, 0.1) is 18.7 Å². The first-order valence-electron chi connectivity index (χ1n) is 7.48. The zero-order chi connectivity index (χ0) is 16.2. The highest BCUT2D eigenvalue weighted by Gasteiger charge is 2.21. The fourth-order valence-corrected chi connectivity index (χ4v) is 2.80. The summed E-state index contributed by atoms with van der Waals surface area (Å²) in [6, 6.07) is 5.54. The first-order chi connectivity index (χ1) is 10.7. The number of thioether (sulfide) groups is 1.